The van der Waals surface area contributed by atoms with Gasteiger partial charge in [0.25, 0.3) is 5.91 Å². The molecule has 0 saturated heterocycles. The number of nitrogens with zero attached hydrogens (tertiary/aromatic N) is 2. The highest BCUT2D eigenvalue weighted by Crippen LogP contribution is 2.24. The molecular formula is C22H35ClN4O6. The fourth-order valence-corrected chi connectivity index (χ4v) is 3.48. The third-order valence-electron chi connectivity index (χ3n) is 4.86. The summed E-state index contributed by atoms with van der Waals surface area (Å²) in [7, 11) is 0. The number of carboxylic acid groups (broad SMARTS) is 1. The third-order valence-corrected chi connectivity index (χ3v) is 5.09. The van der Waals surface area contributed by atoms with Gasteiger partial charge < -0.3 is 30.5 Å². The maximum Gasteiger partial charge on any atom is 0.405 e. The highest BCUT2D eigenvalue weighted by Gasteiger charge is 2.36. The highest BCUT2D eigenvalue weighted by molar-refractivity contribution is 6.31. The summed E-state index contributed by atoms with van der Waals surface area (Å²) in [5, 5.41) is 11.6. The first-order chi connectivity index (χ1) is 15.6. The molecule has 11 heteroatoms. The molecule has 0 heterocycles. The smallest absolute Gasteiger partial charge is 0.405 e. The minimum atomic E-state index is -1.40. The van der Waals surface area contributed by atoms with Gasteiger partial charge in [-0.05, 0) is 52.8 Å². The Morgan fingerprint density at radius 1 is 1.12 bits per heavy atom. The van der Waals surface area contributed by atoms with Crippen molar-refractivity contribution in [3.05, 3.63) is 29.3 Å². The monoisotopic (exact) mass is 486 g/mol. The van der Waals surface area contributed by atoms with Crippen LogP contribution in [0.4, 0.5) is 10.5 Å². The predicted octanol–water partition coefficient (Wildman–Crippen LogP) is 2.29. The molecule has 1 aromatic carbocycles. The molecule has 186 valence electrons. The summed E-state index contributed by atoms with van der Waals surface area (Å²) in [5.74, 6) is -1.04. The summed E-state index contributed by atoms with van der Waals surface area (Å²) < 4.78 is 11.2. The molecule has 0 fully saturated rings. The summed E-state index contributed by atoms with van der Waals surface area (Å²) in [6.45, 7) is 9.62. The lowest BCUT2D eigenvalue weighted by molar-refractivity contribution is -0.162. The molecule has 2 unspecified atom stereocenters. The van der Waals surface area contributed by atoms with Gasteiger partial charge in [-0.1, -0.05) is 17.7 Å². The molecule has 0 aliphatic carbocycles. The molecule has 0 bridgehead atoms. The van der Waals surface area contributed by atoms with E-state index in [2.05, 4.69) is 5.32 Å². The number of benzene rings is 1. The molecule has 4 N–H and O–H groups in total. The number of anilines is 1. The number of hydrogen-bond acceptors (Lipinski definition) is 6. The number of rotatable bonds is 13. The largest absolute Gasteiger partial charge is 0.465 e. The molecule has 0 radical (unpaired) electrons. The minimum Gasteiger partial charge on any atom is -0.465 e. The normalized spacial score (nSPS) is 13.0. The highest BCUT2D eigenvalue weighted by atomic mass is 35.5. The first-order valence-electron chi connectivity index (χ1n) is 10.9. The van der Waals surface area contributed by atoms with Gasteiger partial charge in [0, 0.05) is 36.5 Å². The Kier molecular flexibility index (Phi) is 12.1. The number of ether oxygens (including phenoxy) is 2. The van der Waals surface area contributed by atoms with E-state index in [4.69, 9.17) is 31.9 Å². The van der Waals surface area contributed by atoms with Gasteiger partial charge in [-0.3, -0.25) is 14.5 Å². The van der Waals surface area contributed by atoms with E-state index in [1.807, 2.05) is 27.7 Å². The van der Waals surface area contributed by atoms with E-state index < -0.39 is 30.4 Å². The van der Waals surface area contributed by atoms with E-state index in [9.17, 15) is 14.4 Å². The van der Waals surface area contributed by atoms with E-state index in [1.165, 1.54) is 11.0 Å². The van der Waals surface area contributed by atoms with Gasteiger partial charge in [-0.25, -0.2) is 4.79 Å². The summed E-state index contributed by atoms with van der Waals surface area (Å²) in [6, 6.07) is 3.95. The van der Waals surface area contributed by atoms with Crippen LogP contribution in [0.5, 0.6) is 0 Å². The second-order valence-electron chi connectivity index (χ2n) is 7.53. The molecule has 1 rings (SSSR count). The van der Waals surface area contributed by atoms with E-state index in [1.54, 1.807) is 30.0 Å². The first-order valence-corrected chi connectivity index (χ1v) is 11.3. The van der Waals surface area contributed by atoms with Crippen molar-refractivity contribution in [2.75, 3.05) is 31.2 Å². The number of carbonyl (C=O) groups is 3. The Labute approximate surface area is 199 Å². The topological polar surface area (TPSA) is 134 Å². The van der Waals surface area contributed by atoms with Gasteiger partial charge >= 0.3 is 6.09 Å². The SMILES string of the molecule is CCOC(CN(C(=O)C(C)N(C(=O)C(CN)NC(=O)O)c1cccc(Cl)c1)C(C)C)OCC. The first kappa shape index (κ1) is 28.6. The van der Waals surface area contributed by atoms with E-state index in [0.29, 0.717) is 23.9 Å². The lowest BCUT2D eigenvalue weighted by Crippen LogP contribution is -2.59. The average Bonchev–Trinajstić information content (AvgIpc) is 2.75. The van der Waals surface area contributed by atoms with E-state index in [0.717, 1.165) is 0 Å². The maximum atomic E-state index is 13.6. The van der Waals surface area contributed by atoms with Crippen LogP contribution in [0.1, 0.15) is 34.6 Å². The van der Waals surface area contributed by atoms with Gasteiger partial charge in [0.15, 0.2) is 6.29 Å². The predicted molar refractivity (Wildman–Crippen MR) is 126 cm³/mol. The molecule has 0 aliphatic heterocycles. The van der Waals surface area contributed by atoms with Crippen molar-refractivity contribution in [1.29, 1.82) is 0 Å². The molecule has 33 heavy (non-hydrogen) atoms. The number of amides is 3. The molecular weight excluding hydrogens is 452 g/mol. The zero-order valence-corrected chi connectivity index (χ0v) is 20.5. The number of hydrogen-bond donors (Lipinski definition) is 3. The van der Waals surface area contributed by atoms with Crippen molar-refractivity contribution in [3.63, 3.8) is 0 Å². The Morgan fingerprint density at radius 3 is 2.18 bits per heavy atom. The molecule has 1 aromatic rings. The maximum absolute atomic E-state index is 13.6. The molecule has 0 aromatic heterocycles. The fourth-order valence-electron chi connectivity index (χ4n) is 3.30. The van der Waals surface area contributed by atoms with Crippen LogP contribution in [0.3, 0.4) is 0 Å². The number of nitrogens with two attached hydrogens (primary N) is 1. The van der Waals surface area contributed by atoms with Crippen LogP contribution in [-0.4, -0.2) is 78.6 Å². The lowest BCUT2D eigenvalue weighted by Gasteiger charge is -2.37. The van der Waals surface area contributed by atoms with Crippen molar-refractivity contribution in [3.8, 4) is 0 Å². The van der Waals surface area contributed by atoms with Gasteiger partial charge in [0.1, 0.15) is 12.1 Å². The van der Waals surface area contributed by atoms with Crippen LogP contribution in [0.15, 0.2) is 24.3 Å². The van der Waals surface area contributed by atoms with Crippen LogP contribution in [0, 0.1) is 0 Å². The summed E-state index contributed by atoms with van der Waals surface area (Å²) >= 11 is 6.13. The van der Waals surface area contributed by atoms with Crippen molar-refractivity contribution >= 4 is 35.2 Å². The minimum absolute atomic E-state index is 0.161. The fraction of sp³-hybridized carbons (Fsp3) is 0.591. The molecule has 10 nitrogen and oxygen atoms in total. The average molecular weight is 487 g/mol. The van der Waals surface area contributed by atoms with E-state index in [-0.39, 0.29) is 25.0 Å². The Morgan fingerprint density at radius 2 is 1.73 bits per heavy atom. The van der Waals surface area contributed by atoms with Gasteiger partial charge in [-0.15, -0.1) is 0 Å². The second kappa shape index (κ2) is 14.0. The summed E-state index contributed by atoms with van der Waals surface area (Å²) in [5.41, 5.74) is 6.00. The summed E-state index contributed by atoms with van der Waals surface area (Å²) in [6.07, 6.45) is -2.02. The Balaban J connectivity index is 3.36. The van der Waals surface area contributed by atoms with E-state index >= 15 is 0 Å². The van der Waals surface area contributed by atoms with Crippen molar-refractivity contribution in [1.82, 2.24) is 10.2 Å². The van der Waals surface area contributed by atoms with Crippen LogP contribution in [0.2, 0.25) is 5.02 Å². The van der Waals surface area contributed by atoms with Crippen LogP contribution in [0.25, 0.3) is 0 Å². The van der Waals surface area contributed by atoms with Crippen LogP contribution < -0.4 is 16.0 Å². The van der Waals surface area contributed by atoms with Crippen molar-refractivity contribution in [2.24, 2.45) is 5.73 Å². The lowest BCUT2D eigenvalue weighted by atomic mass is 10.1. The zero-order valence-electron chi connectivity index (χ0n) is 19.8. The third kappa shape index (κ3) is 8.47. The summed E-state index contributed by atoms with van der Waals surface area (Å²) in [4.78, 5) is 40.9. The quantitative estimate of drug-likeness (QED) is 0.364. The molecule has 0 aliphatic rings. The van der Waals surface area contributed by atoms with Crippen molar-refractivity contribution < 1.29 is 29.0 Å². The molecule has 0 saturated carbocycles. The number of carbonyl (C=O) groups excluding carboxylic acids is 2. The van der Waals surface area contributed by atoms with Crippen LogP contribution in [-0.2, 0) is 19.1 Å². The standard InChI is InChI=1S/C22H35ClN4O6/c1-6-32-19(33-7-2)13-26(14(3)4)20(28)15(5)27(17-10-8-9-16(23)11-17)21(29)18(12-24)25-22(30)31/h8-11,14-15,18-19,25H,6-7,12-13,24H2,1-5H3,(H,30,31). The Bertz CT molecular complexity index is 788. The zero-order chi connectivity index (χ0) is 25.1. The van der Waals surface area contributed by atoms with Gasteiger partial charge in [0.05, 0.1) is 6.54 Å². The van der Waals surface area contributed by atoms with Crippen molar-refractivity contribution in [2.45, 2.75) is 59.0 Å². The second-order valence-corrected chi connectivity index (χ2v) is 7.96. The molecule has 2 atom stereocenters. The molecule has 3 amide bonds. The van der Waals surface area contributed by atoms with Gasteiger partial charge in [0.2, 0.25) is 5.91 Å². The Hall–Kier alpha value is -2.40. The number of halogens is 1. The van der Waals surface area contributed by atoms with Gasteiger partial charge in [-0.2, -0.15) is 0 Å². The van der Waals surface area contributed by atoms with Crippen LogP contribution >= 0.6 is 11.6 Å². The molecule has 0 spiro atoms. The number of nitrogens with one attached hydrogen (secondary N) is 1.